The first-order valence-corrected chi connectivity index (χ1v) is 16.4. The number of thiazole rings is 1. The molecule has 0 N–H and O–H groups in total. The Hall–Kier alpha value is -4.66. The largest absolute Gasteiger partial charge is 0.471 e. The van der Waals surface area contributed by atoms with Gasteiger partial charge in [0.2, 0.25) is 5.91 Å². The number of piperidine rings is 1. The number of rotatable bonds is 7. The number of hydrogen-bond acceptors (Lipinski definition) is 7. The summed E-state index contributed by atoms with van der Waals surface area (Å²) >= 11 is 1.16. The molecule has 3 aromatic rings. The molecule has 2 aliphatic rings. The van der Waals surface area contributed by atoms with Crippen molar-refractivity contribution in [1.29, 1.82) is 0 Å². The van der Waals surface area contributed by atoms with Crippen LogP contribution in [0.25, 0.3) is 16.1 Å². The van der Waals surface area contributed by atoms with E-state index >= 15 is 8.78 Å². The molecular formula is C34H33F5N4O5S. The Morgan fingerprint density at radius 1 is 1.02 bits per heavy atom. The summed E-state index contributed by atoms with van der Waals surface area (Å²) in [4.78, 5) is 59.1. The number of aryl methyl sites for hydroxylation is 1. The number of anilines is 1. The molecule has 1 aromatic heterocycles. The van der Waals surface area contributed by atoms with Crippen molar-refractivity contribution in [2.45, 2.75) is 51.3 Å². The summed E-state index contributed by atoms with van der Waals surface area (Å²) in [7, 11) is 0. The number of fused-ring (bicyclic) bond motifs is 1. The molecule has 260 valence electrons. The number of para-hydroxylation sites is 1. The Morgan fingerprint density at radius 2 is 1.67 bits per heavy atom. The molecule has 2 aliphatic heterocycles. The van der Waals surface area contributed by atoms with Crippen LogP contribution >= 0.6 is 11.3 Å². The van der Waals surface area contributed by atoms with E-state index in [1.54, 1.807) is 13.0 Å². The Morgan fingerprint density at radius 3 is 2.33 bits per heavy atom. The highest BCUT2D eigenvalue weighted by Crippen LogP contribution is 2.44. The molecule has 1 saturated heterocycles. The molecule has 0 saturated carbocycles. The molecule has 0 bridgehead atoms. The van der Waals surface area contributed by atoms with Crippen molar-refractivity contribution in [2.75, 3.05) is 37.7 Å². The first-order chi connectivity index (χ1) is 23.2. The maximum absolute atomic E-state index is 15.9. The van der Waals surface area contributed by atoms with Gasteiger partial charge in [0.15, 0.2) is 0 Å². The zero-order valence-corrected chi connectivity index (χ0v) is 27.5. The van der Waals surface area contributed by atoms with Gasteiger partial charge in [-0.3, -0.25) is 19.2 Å². The molecular weight excluding hydrogens is 671 g/mol. The zero-order chi connectivity index (χ0) is 35.5. The predicted octanol–water partition coefficient (Wildman–Crippen LogP) is 6.13. The van der Waals surface area contributed by atoms with Crippen LogP contribution in [-0.4, -0.2) is 89.4 Å². The molecule has 2 aromatic carbocycles. The number of benzene rings is 2. The van der Waals surface area contributed by atoms with E-state index in [1.165, 1.54) is 34.9 Å². The molecule has 0 atom stereocenters. The average Bonchev–Trinajstić information content (AvgIpc) is 3.42. The number of carbonyl (C=O) groups is 4. The van der Waals surface area contributed by atoms with E-state index < -0.39 is 60.4 Å². The number of amides is 3. The van der Waals surface area contributed by atoms with Crippen molar-refractivity contribution < 1.29 is 45.9 Å². The first-order valence-electron chi connectivity index (χ1n) is 15.6. The van der Waals surface area contributed by atoms with Gasteiger partial charge in [0.1, 0.15) is 16.4 Å². The second-order valence-corrected chi connectivity index (χ2v) is 12.6. The smallest absolute Gasteiger partial charge is 0.465 e. The van der Waals surface area contributed by atoms with Gasteiger partial charge in [-0.2, -0.15) is 13.2 Å². The lowest BCUT2D eigenvalue weighted by Gasteiger charge is -2.38. The van der Waals surface area contributed by atoms with Crippen LogP contribution in [-0.2, 0) is 19.1 Å². The van der Waals surface area contributed by atoms with Crippen molar-refractivity contribution in [3.05, 3.63) is 76.8 Å². The topological polar surface area (TPSA) is 100 Å². The van der Waals surface area contributed by atoms with Crippen molar-refractivity contribution in [3.63, 3.8) is 0 Å². The zero-order valence-electron chi connectivity index (χ0n) is 26.6. The van der Waals surface area contributed by atoms with E-state index in [9.17, 15) is 32.3 Å². The third kappa shape index (κ3) is 7.82. The number of aromatic nitrogens is 1. The van der Waals surface area contributed by atoms with E-state index in [1.807, 2.05) is 30.3 Å². The van der Waals surface area contributed by atoms with E-state index in [4.69, 9.17) is 4.74 Å². The minimum atomic E-state index is -5.24. The van der Waals surface area contributed by atoms with E-state index in [2.05, 4.69) is 4.98 Å². The van der Waals surface area contributed by atoms with Gasteiger partial charge < -0.3 is 19.4 Å². The molecule has 0 unspecified atom stereocenters. The summed E-state index contributed by atoms with van der Waals surface area (Å²) in [5, 5.41) is 0.608. The second-order valence-electron chi connectivity index (χ2n) is 11.6. The van der Waals surface area contributed by atoms with Crippen molar-refractivity contribution >= 4 is 46.3 Å². The van der Waals surface area contributed by atoms with Crippen molar-refractivity contribution in [3.8, 4) is 10.6 Å². The molecule has 0 aliphatic carbocycles. The fourth-order valence-corrected chi connectivity index (χ4v) is 6.97. The monoisotopic (exact) mass is 704 g/mol. The molecule has 0 spiro atoms. The molecule has 1 fully saturated rings. The van der Waals surface area contributed by atoms with Gasteiger partial charge in [0, 0.05) is 54.9 Å². The summed E-state index contributed by atoms with van der Waals surface area (Å²) in [6.07, 6.45) is -5.44. The number of likely N-dealkylation sites (tertiary alicyclic amines) is 1. The van der Waals surface area contributed by atoms with E-state index in [0.717, 1.165) is 23.0 Å². The fourth-order valence-electron chi connectivity index (χ4n) is 5.95. The van der Waals surface area contributed by atoms with Gasteiger partial charge in [0.25, 0.3) is 11.8 Å². The number of allylic oxidation sites excluding steroid dienone is 1. The van der Waals surface area contributed by atoms with Gasteiger partial charge in [-0.25, -0.2) is 13.8 Å². The predicted molar refractivity (Wildman–Crippen MR) is 172 cm³/mol. The summed E-state index contributed by atoms with van der Waals surface area (Å²) in [6, 6.07) is 14.3. The number of carbonyl (C=O) groups excluding carboxylic acids is 4. The van der Waals surface area contributed by atoms with Crippen LogP contribution in [0.5, 0.6) is 0 Å². The highest BCUT2D eigenvalue weighted by atomic mass is 32.1. The van der Waals surface area contributed by atoms with Gasteiger partial charge in [0.05, 0.1) is 18.0 Å². The number of alkyl halides is 5. The lowest BCUT2D eigenvalue weighted by molar-refractivity contribution is -0.190. The SMILES string of the molecule is CCOC(=O)CN(C(=O)C(F)(F)F)C1CCN(C(=O)/C=C2/c3ccccc3N(C(=O)c3sc(-c4ccccc4)nc3C)CCC2(F)F)CC1. The van der Waals surface area contributed by atoms with Crippen LogP contribution < -0.4 is 4.90 Å². The molecule has 0 radical (unpaired) electrons. The maximum Gasteiger partial charge on any atom is 0.471 e. The van der Waals surface area contributed by atoms with Crippen LogP contribution in [0.15, 0.2) is 60.7 Å². The first kappa shape index (κ1) is 35.6. The Labute approximate surface area is 283 Å². The van der Waals surface area contributed by atoms with Gasteiger partial charge in [-0.15, -0.1) is 11.3 Å². The number of esters is 1. The van der Waals surface area contributed by atoms with Gasteiger partial charge >= 0.3 is 18.1 Å². The summed E-state index contributed by atoms with van der Waals surface area (Å²) in [6.45, 7) is 1.50. The summed E-state index contributed by atoms with van der Waals surface area (Å²) in [5.41, 5.74) is 0.853. The van der Waals surface area contributed by atoms with Gasteiger partial charge in [-0.1, -0.05) is 48.5 Å². The van der Waals surface area contributed by atoms with Gasteiger partial charge in [-0.05, 0) is 32.8 Å². The van der Waals surface area contributed by atoms with Crippen LogP contribution in [0.4, 0.5) is 27.6 Å². The van der Waals surface area contributed by atoms with Crippen LogP contribution in [0.3, 0.4) is 0 Å². The quantitative estimate of drug-likeness (QED) is 0.167. The van der Waals surface area contributed by atoms with Crippen LogP contribution in [0.1, 0.15) is 47.1 Å². The molecule has 3 amide bonds. The number of halogens is 5. The molecule has 3 heterocycles. The lowest BCUT2D eigenvalue weighted by atomic mass is 9.96. The minimum Gasteiger partial charge on any atom is -0.465 e. The average molecular weight is 705 g/mol. The third-order valence-corrected chi connectivity index (χ3v) is 9.57. The lowest BCUT2D eigenvalue weighted by Crippen LogP contribution is -2.53. The highest BCUT2D eigenvalue weighted by Gasteiger charge is 2.46. The molecule has 15 heteroatoms. The standard InChI is InChI=1S/C34H33F5N4O5S/c1-3-48-28(45)20-43(32(47)34(37,38)39)23-13-16-41(17-14-23)27(44)19-25-24-11-7-8-12-26(24)42(18-15-33(25,35)36)31(46)29-21(2)40-30(49-29)22-9-5-4-6-10-22/h4-12,19,23H,3,13-18,20H2,1-2H3/b25-19-. The number of nitrogens with zero attached hydrogens (tertiary/aromatic N) is 4. The number of ether oxygens (including phenoxy) is 1. The second kappa shape index (κ2) is 14.4. The molecule has 49 heavy (non-hydrogen) atoms. The molecule has 9 nitrogen and oxygen atoms in total. The Bertz CT molecular complexity index is 1750. The highest BCUT2D eigenvalue weighted by molar-refractivity contribution is 7.17. The number of hydrogen-bond donors (Lipinski definition) is 0. The Balaban J connectivity index is 1.38. The normalized spacial score (nSPS) is 17.3. The minimum absolute atomic E-state index is 0.0107. The third-order valence-electron chi connectivity index (χ3n) is 8.38. The fraction of sp³-hybridized carbons (Fsp3) is 0.382. The Kier molecular flexibility index (Phi) is 10.5. The van der Waals surface area contributed by atoms with Crippen LogP contribution in [0.2, 0.25) is 0 Å². The summed E-state index contributed by atoms with van der Waals surface area (Å²) in [5.74, 6) is -8.03. The summed E-state index contributed by atoms with van der Waals surface area (Å²) < 4.78 is 76.4. The van der Waals surface area contributed by atoms with E-state index in [-0.39, 0.29) is 50.3 Å². The van der Waals surface area contributed by atoms with E-state index in [0.29, 0.717) is 20.5 Å². The van der Waals surface area contributed by atoms with Crippen molar-refractivity contribution in [1.82, 2.24) is 14.8 Å². The maximum atomic E-state index is 15.9. The van der Waals surface area contributed by atoms with Crippen LogP contribution in [0, 0.1) is 6.92 Å². The molecule has 5 rings (SSSR count). The van der Waals surface area contributed by atoms with Crippen molar-refractivity contribution in [2.24, 2.45) is 0 Å².